The lowest BCUT2D eigenvalue weighted by molar-refractivity contribution is -0.132. The third-order valence-corrected chi connectivity index (χ3v) is 3.53. The normalized spacial score (nSPS) is 13.8. The van der Waals surface area contributed by atoms with Gasteiger partial charge in [-0.2, -0.15) is 13.2 Å². The summed E-state index contributed by atoms with van der Waals surface area (Å²) in [6.45, 7) is 4.02. The highest BCUT2D eigenvalue weighted by atomic mass is 19.4. The van der Waals surface area contributed by atoms with E-state index in [9.17, 15) is 13.2 Å². The van der Waals surface area contributed by atoms with E-state index in [1.54, 1.807) is 0 Å². The number of alkyl halides is 3. The number of rotatable bonds is 6. The summed E-state index contributed by atoms with van der Waals surface area (Å²) in [7, 11) is 1.50. The molecule has 0 saturated heterocycles. The first-order chi connectivity index (χ1) is 11.8. The van der Waals surface area contributed by atoms with Gasteiger partial charge in [0.05, 0.1) is 19.1 Å². The Labute approximate surface area is 144 Å². The summed E-state index contributed by atoms with van der Waals surface area (Å²) in [5.41, 5.74) is 0.646. The minimum Gasteiger partial charge on any atom is -0.490 e. The van der Waals surface area contributed by atoms with Crippen LogP contribution in [0.5, 0.6) is 5.75 Å². The van der Waals surface area contributed by atoms with Crippen LogP contribution in [0.4, 0.5) is 13.2 Å². The number of furan rings is 1. The molecule has 0 fully saturated rings. The summed E-state index contributed by atoms with van der Waals surface area (Å²) < 4.78 is 48.1. The summed E-state index contributed by atoms with van der Waals surface area (Å²) in [6, 6.07) is 7.21. The van der Waals surface area contributed by atoms with Crippen molar-refractivity contribution in [2.24, 2.45) is 4.99 Å². The molecule has 0 aliphatic carbocycles. The van der Waals surface area contributed by atoms with Crippen LogP contribution in [0.3, 0.4) is 0 Å². The predicted molar refractivity (Wildman–Crippen MR) is 91.0 cm³/mol. The fraction of sp³-hybridized carbons (Fsp3) is 0.471. The number of ether oxygens (including phenoxy) is 1. The van der Waals surface area contributed by atoms with Crippen LogP contribution in [0.1, 0.15) is 32.1 Å². The van der Waals surface area contributed by atoms with E-state index in [2.05, 4.69) is 15.6 Å². The van der Waals surface area contributed by atoms with E-state index in [0.29, 0.717) is 23.7 Å². The van der Waals surface area contributed by atoms with Crippen molar-refractivity contribution in [1.29, 1.82) is 0 Å². The molecule has 1 atom stereocenters. The molecule has 2 aromatic rings. The summed E-state index contributed by atoms with van der Waals surface area (Å²) in [5, 5.41) is 6.56. The van der Waals surface area contributed by atoms with Crippen molar-refractivity contribution >= 4 is 16.9 Å². The van der Waals surface area contributed by atoms with Crippen LogP contribution in [-0.4, -0.2) is 32.3 Å². The van der Waals surface area contributed by atoms with Gasteiger partial charge in [-0.25, -0.2) is 0 Å². The number of para-hydroxylation sites is 1. The van der Waals surface area contributed by atoms with Crippen molar-refractivity contribution < 1.29 is 22.3 Å². The van der Waals surface area contributed by atoms with E-state index in [-0.39, 0.29) is 18.5 Å². The average molecular weight is 357 g/mol. The standard InChI is InChI=1S/C17H22F3N3O2/c1-4-24-13-7-5-6-12-10-14(25-15(12)13)11(2)23-16(21-3)22-9-8-17(18,19)20/h5-7,10-11H,4,8-9H2,1-3H3,(H2,21,22,23). The van der Waals surface area contributed by atoms with Crippen LogP contribution >= 0.6 is 0 Å². The van der Waals surface area contributed by atoms with Gasteiger partial charge in [-0.15, -0.1) is 0 Å². The Morgan fingerprint density at radius 2 is 2.12 bits per heavy atom. The Kier molecular flexibility index (Phi) is 6.17. The second-order valence-corrected chi connectivity index (χ2v) is 5.49. The van der Waals surface area contributed by atoms with Gasteiger partial charge in [0.25, 0.3) is 0 Å². The molecule has 8 heteroatoms. The first-order valence-corrected chi connectivity index (χ1v) is 8.03. The summed E-state index contributed by atoms with van der Waals surface area (Å²) in [5.74, 6) is 1.58. The molecule has 25 heavy (non-hydrogen) atoms. The molecule has 0 saturated carbocycles. The lowest BCUT2D eigenvalue weighted by atomic mass is 10.2. The molecular formula is C17H22F3N3O2. The maximum Gasteiger partial charge on any atom is 0.390 e. The number of fused-ring (bicyclic) bond motifs is 1. The van der Waals surface area contributed by atoms with Crippen LogP contribution in [-0.2, 0) is 0 Å². The third-order valence-electron chi connectivity index (χ3n) is 3.53. The highest BCUT2D eigenvalue weighted by Crippen LogP contribution is 2.31. The van der Waals surface area contributed by atoms with Gasteiger partial charge in [-0.1, -0.05) is 12.1 Å². The molecule has 0 radical (unpaired) electrons. The largest absolute Gasteiger partial charge is 0.490 e. The number of nitrogens with one attached hydrogen (secondary N) is 2. The minimum atomic E-state index is -4.20. The highest BCUT2D eigenvalue weighted by molar-refractivity contribution is 5.84. The minimum absolute atomic E-state index is 0.246. The van der Waals surface area contributed by atoms with E-state index in [1.807, 2.05) is 38.1 Å². The van der Waals surface area contributed by atoms with Gasteiger partial charge in [-0.3, -0.25) is 4.99 Å². The highest BCUT2D eigenvalue weighted by Gasteiger charge is 2.26. The number of hydrogen-bond donors (Lipinski definition) is 2. The maximum absolute atomic E-state index is 12.2. The molecule has 5 nitrogen and oxygen atoms in total. The summed E-state index contributed by atoms with van der Waals surface area (Å²) >= 11 is 0. The van der Waals surface area contributed by atoms with Gasteiger partial charge in [0.1, 0.15) is 5.76 Å². The van der Waals surface area contributed by atoms with E-state index in [1.165, 1.54) is 7.05 Å². The first-order valence-electron chi connectivity index (χ1n) is 8.03. The molecule has 2 rings (SSSR count). The Morgan fingerprint density at radius 1 is 1.36 bits per heavy atom. The van der Waals surface area contributed by atoms with Crippen LogP contribution in [0.15, 0.2) is 33.7 Å². The van der Waals surface area contributed by atoms with Gasteiger partial charge in [0.15, 0.2) is 17.3 Å². The molecule has 0 bridgehead atoms. The van der Waals surface area contributed by atoms with Crippen LogP contribution in [0.2, 0.25) is 0 Å². The zero-order valence-corrected chi connectivity index (χ0v) is 14.4. The number of guanidine groups is 1. The number of halogens is 3. The molecular weight excluding hydrogens is 335 g/mol. The Bertz CT molecular complexity index is 725. The van der Waals surface area contributed by atoms with Crippen molar-refractivity contribution in [3.05, 3.63) is 30.0 Å². The number of hydrogen-bond acceptors (Lipinski definition) is 3. The smallest absolute Gasteiger partial charge is 0.390 e. The van der Waals surface area contributed by atoms with Gasteiger partial charge < -0.3 is 19.8 Å². The van der Waals surface area contributed by atoms with Gasteiger partial charge in [0.2, 0.25) is 0 Å². The zero-order valence-electron chi connectivity index (χ0n) is 14.4. The lowest BCUT2D eigenvalue weighted by Crippen LogP contribution is -2.40. The van der Waals surface area contributed by atoms with Gasteiger partial charge >= 0.3 is 6.18 Å². The van der Waals surface area contributed by atoms with Crippen molar-refractivity contribution in [3.63, 3.8) is 0 Å². The predicted octanol–water partition coefficient (Wildman–Crippen LogP) is 4.01. The Morgan fingerprint density at radius 3 is 2.76 bits per heavy atom. The van der Waals surface area contributed by atoms with E-state index >= 15 is 0 Å². The van der Waals surface area contributed by atoms with Gasteiger partial charge in [0, 0.05) is 19.0 Å². The molecule has 2 N–H and O–H groups in total. The molecule has 1 aromatic carbocycles. The lowest BCUT2D eigenvalue weighted by Gasteiger charge is -2.16. The van der Waals surface area contributed by atoms with Crippen molar-refractivity contribution in [3.8, 4) is 5.75 Å². The zero-order chi connectivity index (χ0) is 18.4. The van der Waals surface area contributed by atoms with E-state index in [4.69, 9.17) is 9.15 Å². The summed E-state index contributed by atoms with van der Waals surface area (Å²) in [6.07, 6.45) is -5.13. The second kappa shape index (κ2) is 8.13. The first kappa shape index (κ1) is 19.0. The quantitative estimate of drug-likeness (QED) is 0.606. The Balaban J connectivity index is 2.05. The average Bonchev–Trinajstić information content (AvgIpc) is 2.98. The molecule has 1 aromatic heterocycles. The van der Waals surface area contributed by atoms with Crippen molar-refractivity contribution in [1.82, 2.24) is 10.6 Å². The van der Waals surface area contributed by atoms with Crippen LogP contribution in [0, 0.1) is 0 Å². The third kappa shape index (κ3) is 5.30. The Hall–Kier alpha value is -2.38. The van der Waals surface area contributed by atoms with E-state index < -0.39 is 12.6 Å². The second-order valence-electron chi connectivity index (χ2n) is 5.49. The topological polar surface area (TPSA) is 58.8 Å². The molecule has 0 aliphatic heterocycles. The SMILES string of the molecule is CCOc1cccc2cc(C(C)NC(=NC)NCCC(F)(F)F)oc12. The van der Waals surface area contributed by atoms with Crippen molar-refractivity contribution in [2.45, 2.75) is 32.5 Å². The molecule has 0 spiro atoms. The fourth-order valence-corrected chi connectivity index (χ4v) is 2.33. The molecule has 0 aliphatic rings. The molecule has 138 valence electrons. The van der Waals surface area contributed by atoms with E-state index in [0.717, 1.165) is 5.39 Å². The maximum atomic E-state index is 12.2. The molecule has 0 amide bonds. The number of aliphatic imine (C=N–C) groups is 1. The monoisotopic (exact) mass is 357 g/mol. The van der Waals surface area contributed by atoms with Gasteiger partial charge in [-0.05, 0) is 26.0 Å². The van der Waals surface area contributed by atoms with Crippen molar-refractivity contribution in [2.75, 3.05) is 20.2 Å². The number of nitrogens with zero attached hydrogens (tertiary/aromatic N) is 1. The molecule has 1 unspecified atom stereocenters. The van der Waals surface area contributed by atoms with Crippen LogP contribution < -0.4 is 15.4 Å². The fourth-order valence-electron chi connectivity index (χ4n) is 2.33. The molecule has 1 heterocycles. The van der Waals surface area contributed by atoms with Crippen LogP contribution in [0.25, 0.3) is 11.0 Å². The summed E-state index contributed by atoms with van der Waals surface area (Å²) in [4.78, 5) is 3.93. The number of benzene rings is 1.